The molecule has 16 nitrogen and oxygen atoms in total. The highest BCUT2D eigenvalue weighted by Crippen LogP contribution is 2.29. The molecule has 2 fully saturated rings. The molecule has 0 unspecified atom stereocenters. The molecule has 298 valence electrons. The first kappa shape index (κ1) is 42.1. The van der Waals surface area contributed by atoms with Crippen molar-refractivity contribution in [2.75, 3.05) is 13.1 Å². The van der Waals surface area contributed by atoms with Gasteiger partial charge in [0.15, 0.2) is 5.96 Å². The third kappa shape index (κ3) is 13.0. The molecule has 1 heterocycles. The van der Waals surface area contributed by atoms with E-state index in [-0.39, 0.29) is 37.0 Å². The fourth-order valence-electron chi connectivity index (χ4n) is 7.08. The second kappa shape index (κ2) is 20.7. The van der Waals surface area contributed by atoms with Gasteiger partial charge < -0.3 is 48.5 Å². The second-order valence-corrected chi connectivity index (χ2v) is 14.4. The summed E-state index contributed by atoms with van der Waals surface area (Å²) < 4.78 is 0. The van der Waals surface area contributed by atoms with Gasteiger partial charge in [-0.05, 0) is 61.3 Å². The van der Waals surface area contributed by atoms with Crippen LogP contribution in [-0.4, -0.2) is 88.7 Å². The monoisotopic (exact) mass is 761 g/mol. The standard InChI is InChI=1S/C39H55N9O7/c1-24(49)44-33(27-12-6-3-7-13-27)37(54)47-31(23-25-10-4-2-5-11-25)38(55)48-21-19-32(48)36(53)46-30(22-26-15-17-28(50)18-16-26)35(52)45-29(34(40)51)14-8-9-20-43-39(41)42/h3,6-7,12-13,15-18,25,29-33,50H,2,4-5,8-11,14,19-23H2,1H3,(H2,40,51)(H,44,49)(H,45,52)(H,46,53)(H,47,54)(H4,41,42,43)/t29-,30+,31+,32-,33-/m0/s1. The van der Waals surface area contributed by atoms with Crippen molar-refractivity contribution in [2.24, 2.45) is 28.1 Å². The Balaban J connectivity index is 1.50. The first-order chi connectivity index (χ1) is 26.3. The highest BCUT2D eigenvalue weighted by atomic mass is 16.3. The Morgan fingerprint density at radius 2 is 1.47 bits per heavy atom. The van der Waals surface area contributed by atoms with Crippen LogP contribution in [0.1, 0.15) is 88.3 Å². The number of nitrogens with zero attached hydrogens (tertiary/aromatic N) is 2. The zero-order valence-electron chi connectivity index (χ0n) is 31.4. The Labute approximate surface area is 321 Å². The summed E-state index contributed by atoms with van der Waals surface area (Å²) in [5, 5.41) is 20.8. The van der Waals surface area contributed by atoms with Crippen molar-refractivity contribution in [1.82, 2.24) is 26.2 Å². The molecule has 1 aliphatic carbocycles. The molecule has 0 bridgehead atoms. The molecule has 1 saturated heterocycles. The SMILES string of the molecule is CC(=O)N[C@H](C(=O)N[C@H](CC1CCCCC1)C(=O)N1CC[C@H]1C(=O)N[C@H](Cc1ccc(O)cc1)C(=O)N[C@@H](CCCCN=C(N)N)C(N)=O)c1ccccc1. The largest absolute Gasteiger partial charge is 0.508 e. The van der Waals surface area contributed by atoms with Crippen LogP contribution in [0.2, 0.25) is 0 Å². The number of aliphatic imine (C=N–C) groups is 1. The summed E-state index contributed by atoms with van der Waals surface area (Å²) in [5.74, 6) is -3.19. The van der Waals surface area contributed by atoms with Gasteiger partial charge >= 0.3 is 0 Å². The molecule has 4 rings (SSSR count). The topological polar surface area (TPSA) is 264 Å². The van der Waals surface area contributed by atoms with E-state index in [1.165, 1.54) is 24.0 Å². The van der Waals surface area contributed by atoms with Crippen molar-refractivity contribution in [3.05, 3.63) is 65.7 Å². The number of hydrogen-bond acceptors (Lipinski definition) is 8. The van der Waals surface area contributed by atoms with Crippen molar-refractivity contribution in [3.63, 3.8) is 0 Å². The van der Waals surface area contributed by atoms with E-state index >= 15 is 0 Å². The van der Waals surface area contributed by atoms with E-state index < -0.39 is 65.7 Å². The molecule has 0 radical (unpaired) electrons. The van der Waals surface area contributed by atoms with Gasteiger partial charge in [-0.3, -0.25) is 33.8 Å². The summed E-state index contributed by atoms with van der Waals surface area (Å²) in [6.45, 7) is 1.92. The minimum absolute atomic E-state index is 0.0128. The number of carbonyl (C=O) groups excluding carboxylic acids is 6. The highest BCUT2D eigenvalue weighted by molar-refractivity contribution is 5.97. The van der Waals surface area contributed by atoms with E-state index in [1.54, 1.807) is 42.5 Å². The number of primary amides is 1. The Morgan fingerprint density at radius 3 is 2.07 bits per heavy atom. The third-order valence-electron chi connectivity index (χ3n) is 10.1. The molecule has 5 atom stereocenters. The first-order valence-electron chi connectivity index (χ1n) is 19.0. The van der Waals surface area contributed by atoms with Crippen LogP contribution in [0.15, 0.2) is 59.6 Å². The van der Waals surface area contributed by atoms with Gasteiger partial charge in [-0.1, -0.05) is 74.6 Å². The number of nitrogens with one attached hydrogen (secondary N) is 4. The van der Waals surface area contributed by atoms with Gasteiger partial charge in [0.2, 0.25) is 35.4 Å². The number of carbonyl (C=O) groups is 6. The first-order valence-corrected chi connectivity index (χ1v) is 19.0. The maximum Gasteiger partial charge on any atom is 0.247 e. The molecule has 0 aromatic heterocycles. The highest BCUT2D eigenvalue weighted by Gasteiger charge is 2.43. The normalized spacial score (nSPS) is 17.6. The van der Waals surface area contributed by atoms with Crippen molar-refractivity contribution >= 4 is 41.4 Å². The minimum Gasteiger partial charge on any atom is -0.508 e. The van der Waals surface area contributed by atoms with Crippen LogP contribution >= 0.6 is 0 Å². The van der Waals surface area contributed by atoms with Crippen LogP contribution in [0, 0.1) is 5.92 Å². The Hall–Kier alpha value is -5.67. The van der Waals surface area contributed by atoms with Gasteiger partial charge in [0.1, 0.15) is 36.0 Å². The van der Waals surface area contributed by atoms with E-state index in [1.807, 2.05) is 0 Å². The Bertz CT molecular complexity index is 1660. The summed E-state index contributed by atoms with van der Waals surface area (Å²) in [6.07, 6.45) is 6.92. The Kier molecular flexibility index (Phi) is 15.8. The van der Waals surface area contributed by atoms with Crippen molar-refractivity contribution in [1.29, 1.82) is 0 Å². The number of aromatic hydroxyl groups is 1. The summed E-state index contributed by atoms with van der Waals surface area (Å²) in [7, 11) is 0. The van der Waals surface area contributed by atoms with Crippen molar-refractivity contribution < 1.29 is 33.9 Å². The van der Waals surface area contributed by atoms with E-state index in [4.69, 9.17) is 17.2 Å². The second-order valence-electron chi connectivity index (χ2n) is 14.4. The predicted octanol–water partition coefficient (Wildman–Crippen LogP) is 0.767. The zero-order valence-corrected chi connectivity index (χ0v) is 31.4. The van der Waals surface area contributed by atoms with Crippen molar-refractivity contribution in [3.8, 4) is 5.75 Å². The fourth-order valence-corrected chi connectivity index (χ4v) is 7.08. The number of guanidine groups is 1. The molecule has 1 aliphatic heterocycles. The summed E-state index contributed by atoms with van der Waals surface area (Å²) >= 11 is 0. The third-order valence-corrected chi connectivity index (χ3v) is 10.1. The number of phenolic OH excluding ortho intramolecular Hbond substituents is 1. The lowest BCUT2D eigenvalue weighted by molar-refractivity contribution is -0.151. The quantitative estimate of drug-likeness (QED) is 0.0570. The smallest absolute Gasteiger partial charge is 0.247 e. The van der Waals surface area contributed by atoms with Gasteiger partial charge in [0.05, 0.1) is 0 Å². The molecule has 1 saturated carbocycles. The maximum atomic E-state index is 14.2. The average molecular weight is 762 g/mol. The van der Waals surface area contributed by atoms with Gasteiger partial charge in [0, 0.05) is 26.4 Å². The summed E-state index contributed by atoms with van der Waals surface area (Å²) in [5.41, 5.74) is 17.5. The number of rotatable bonds is 19. The molecule has 0 spiro atoms. The van der Waals surface area contributed by atoms with E-state index in [2.05, 4.69) is 26.3 Å². The van der Waals surface area contributed by atoms with E-state index in [0.717, 1.165) is 32.1 Å². The molecule has 11 N–H and O–H groups in total. The molecule has 55 heavy (non-hydrogen) atoms. The molecular weight excluding hydrogens is 706 g/mol. The van der Waals surface area contributed by atoms with Crippen LogP contribution in [0.3, 0.4) is 0 Å². The van der Waals surface area contributed by atoms with Crippen LogP contribution in [0.25, 0.3) is 0 Å². The van der Waals surface area contributed by atoms with Crippen LogP contribution in [-0.2, 0) is 35.2 Å². The number of phenols is 1. The molecule has 16 heteroatoms. The average Bonchev–Trinajstić information content (AvgIpc) is 3.13. The van der Waals surface area contributed by atoms with Crippen LogP contribution in [0.4, 0.5) is 0 Å². The molecule has 2 aromatic rings. The number of nitrogens with two attached hydrogens (primary N) is 3. The van der Waals surface area contributed by atoms with Gasteiger partial charge in [-0.2, -0.15) is 0 Å². The number of hydrogen-bond donors (Lipinski definition) is 8. The molecule has 2 aliphatic rings. The number of unbranched alkanes of at least 4 members (excludes halogenated alkanes) is 1. The number of amides is 6. The lowest BCUT2D eigenvalue weighted by Crippen LogP contribution is -2.65. The predicted molar refractivity (Wildman–Crippen MR) is 206 cm³/mol. The van der Waals surface area contributed by atoms with Crippen LogP contribution in [0.5, 0.6) is 5.75 Å². The number of likely N-dealkylation sites (tertiary alicyclic amines) is 1. The fraction of sp³-hybridized carbons (Fsp3) is 0.513. The summed E-state index contributed by atoms with van der Waals surface area (Å²) in [6, 6.07) is 9.78. The Morgan fingerprint density at radius 1 is 0.800 bits per heavy atom. The van der Waals surface area contributed by atoms with Crippen LogP contribution < -0.4 is 38.5 Å². The van der Waals surface area contributed by atoms with Crippen molar-refractivity contribution in [2.45, 2.75) is 108 Å². The molecule has 6 amide bonds. The zero-order chi connectivity index (χ0) is 39.9. The lowest BCUT2D eigenvalue weighted by Gasteiger charge is -2.42. The molecule has 2 aromatic carbocycles. The van der Waals surface area contributed by atoms with E-state index in [9.17, 15) is 33.9 Å². The molecular formula is C39H55N9O7. The van der Waals surface area contributed by atoms with Gasteiger partial charge in [-0.15, -0.1) is 0 Å². The maximum absolute atomic E-state index is 14.2. The number of benzene rings is 2. The van der Waals surface area contributed by atoms with Gasteiger partial charge in [0.25, 0.3) is 0 Å². The minimum atomic E-state index is -1.17. The van der Waals surface area contributed by atoms with Gasteiger partial charge in [-0.25, -0.2) is 0 Å². The lowest BCUT2D eigenvalue weighted by atomic mass is 9.84. The van der Waals surface area contributed by atoms with E-state index in [0.29, 0.717) is 43.4 Å². The summed E-state index contributed by atoms with van der Waals surface area (Å²) in [4.78, 5) is 85.4.